The molecule has 2 amide bonds. The van der Waals surface area contributed by atoms with Crippen molar-refractivity contribution in [2.24, 2.45) is 5.73 Å². The molecule has 9 nitrogen and oxygen atoms in total. The number of primary amides is 1. The number of carbonyl (C=O) groups excluding carboxylic acids is 2. The molecule has 138 valence electrons. The topological polar surface area (TPSA) is 125 Å². The third-order valence-electron chi connectivity index (χ3n) is 3.61. The molecule has 2 aromatic carbocycles. The third-order valence-corrected chi connectivity index (χ3v) is 3.61. The molecule has 0 spiro atoms. The fourth-order valence-corrected chi connectivity index (χ4v) is 2.34. The molecule has 9 heteroatoms. The molecule has 0 aliphatic rings. The number of hydrogen-bond acceptors (Lipinski definition) is 6. The van der Waals surface area contributed by atoms with Crippen molar-refractivity contribution >= 4 is 17.5 Å². The van der Waals surface area contributed by atoms with E-state index in [0.29, 0.717) is 29.2 Å². The molecule has 0 bridgehead atoms. The second-order valence-electron chi connectivity index (χ2n) is 5.59. The van der Waals surface area contributed by atoms with Gasteiger partial charge in [-0.05, 0) is 48.5 Å². The van der Waals surface area contributed by atoms with Gasteiger partial charge in [-0.3, -0.25) is 9.59 Å². The number of aromatic nitrogens is 4. The van der Waals surface area contributed by atoms with Gasteiger partial charge in [-0.2, -0.15) is 4.80 Å². The highest BCUT2D eigenvalue weighted by molar-refractivity contribution is 5.93. The van der Waals surface area contributed by atoms with Crippen molar-refractivity contribution < 1.29 is 14.3 Å². The summed E-state index contributed by atoms with van der Waals surface area (Å²) in [6, 6.07) is 13.6. The molecule has 0 saturated heterocycles. The summed E-state index contributed by atoms with van der Waals surface area (Å²) in [5.74, 6) is 0.289. The van der Waals surface area contributed by atoms with Crippen LogP contribution in [0.4, 0.5) is 5.69 Å². The molecule has 3 rings (SSSR count). The number of nitrogens with two attached hydrogens (primary N) is 1. The van der Waals surface area contributed by atoms with E-state index in [2.05, 4.69) is 20.7 Å². The smallest absolute Gasteiger partial charge is 0.248 e. The van der Waals surface area contributed by atoms with Crippen molar-refractivity contribution in [1.82, 2.24) is 20.2 Å². The lowest BCUT2D eigenvalue weighted by atomic mass is 10.1. The zero-order valence-electron chi connectivity index (χ0n) is 14.6. The molecular weight excluding hydrogens is 348 g/mol. The van der Waals surface area contributed by atoms with Crippen LogP contribution in [0, 0.1) is 0 Å². The van der Waals surface area contributed by atoms with E-state index in [-0.39, 0.29) is 12.5 Å². The van der Waals surface area contributed by atoms with Crippen LogP contribution in [0.5, 0.6) is 5.75 Å². The number of benzene rings is 2. The van der Waals surface area contributed by atoms with Gasteiger partial charge in [0.25, 0.3) is 0 Å². The zero-order valence-corrected chi connectivity index (χ0v) is 14.6. The Morgan fingerprint density at radius 2 is 1.81 bits per heavy atom. The molecule has 0 aliphatic carbocycles. The lowest BCUT2D eigenvalue weighted by Gasteiger charge is -2.06. The minimum atomic E-state index is -0.510. The van der Waals surface area contributed by atoms with Gasteiger partial charge < -0.3 is 15.8 Å². The van der Waals surface area contributed by atoms with Crippen LogP contribution in [-0.4, -0.2) is 38.6 Å². The Balaban J connectivity index is 1.61. The largest absolute Gasteiger partial charge is 0.494 e. The van der Waals surface area contributed by atoms with Gasteiger partial charge in [-0.15, -0.1) is 10.2 Å². The minimum Gasteiger partial charge on any atom is -0.494 e. The number of anilines is 1. The van der Waals surface area contributed by atoms with Crippen molar-refractivity contribution in [2.45, 2.75) is 13.5 Å². The number of hydrogen-bond donors (Lipinski definition) is 2. The molecule has 1 aromatic heterocycles. The zero-order chi connectivity index (χ0) is 19.2. The lowest BCUT2D eigenvalue weighted by Crippen LogP contribution is -2.20. The van der Waals surface area contributed by atoms with Crippen molar-refractivity contribution in [1.29, 1.82) is 0 Å². The van der Waals surface area contributed by atoms with Gasteiger partial charge in [-0.1, -0.05) is 12.1 Å². The fourth-order valence-electron chi connectivity index (χ4n) is 2.34. The number of rotatable bonds is 7. The average Bonchev–Trinajstić information content (AvgIpc) is 3.12. The van der Waals surface area contributed by atoms with Crippen molar-refractivity contribution in [3.8, 4) is 17.1 Å². The number of amides is 2. The molecule has 0 unspecified atom stereocenters. The molecule has 0 fully saturated rings. The minimum absolute atomic E-state index is 0.0837. The number of nitrogens with one attached hydrogen (secondary N) is 1. The SMILES string of the molecule is CCOc1ccc(NC(=O)Cn2nnc(-c3ccc(C(N)=O)cc3)n2)cc1. The number of nitrogens with zero attached hydrogens (tertiary/aromatic N) is 4. The van der Waals surface area contributed by atoms with Crippen molar-refractivity contribution in [2.75, 3.05) is 11.9 Å². The van der Waals surface area contributed by atoms with Crippen LogP contribution in [0.15, 0.2) is 48.5 Å². The van der Waals surface area contributed by atoms with Crippen molar-refractivity contribution in [3.05, 3.63) is 54.1 Å². The lowest BCUT2D eigenvalue weighted by molar-refractivity contribution is -0.117. The molecule has 27 heavy (non-hydrogen) atoms. The van der Waals surface area contributed by atoms with E-state index < -0.39 is 5.91 Å². The Hall–Kier alpha value is -3.75. The van der Waals surface area contributed by atoms with E-state index in [0.717, 1.165) is 5.75 Å². The molecule has 0 aliphatic heterocycles. The van der Waals surface area contributed by atoms with Gasteiger partial charge >= 0.3 is 0 Å². The summed E-state index contributed by atoms with van der Waals surface area (Å²) in [6.45, 7) is 2.40. The summed E-state index contributed by atoms with van der Waals surface area (Å²) in [5.41, 5.74) is 6.91. The first kappa shape index (κ1) is 18.1. The Bertz CT molecular complexity index is 934. The molecular formula is C18H18N6O3. The third kappa shape index (κ3) is 4.66. The maximum absolute atomic E-state index is 12.1. The van der Waals surface area contributed by atoms with Gasteiger partial charge in [0.05, 0.1) is 6.61 Å². The van der Waals surface area contributed by atoms with E-state index in [9.17, 15) is 9.59 Å². The number of carbonyl (C=O) groups is 2. The summed E-state index contributed by atoms with van der Waals surface area (Å²) >= 11 is 0. The summed E-state index contributed by atoms with van der Waals surface area (Å²) in [4.78, 5) is 24.4. The standard InChI is InChI=1S/C18H18N6O3/c1-2-27-15-9-7-14(8-10-15)20-16(25)11-24-22-18(21-23-24)13-5-3-12(4-6-13)17(19)26/h3-10H,2,11H2,1H3,(H2,19,26)(H,20,25). The van der Waals surface area contributed by atoms with Crippen LogP contribution in [0.3, 0.4) is 0 Å². The highest BCUT2D eigenvalue weighted by atomic mass is 16.5. The molecule has 0 saturated carbocycles. The second kappa shape index (κ2) is 8.09. The van der Waals surface area contributed by atoms with Gasteiger partial charge in [0.15, 0.2) is 0 Å². The Kier molecular flexibility index (Phi) is 5.41. The maximum atomic E-state index is 12.1. The van der Waals surface area contributed by atoms with Gasteiger partial charge in [0, 0.05) is 16.8 Å². The van der Waals surface area contributed by atoms with Crippen LogP contribution in [0.25, 0.3) is 11.4 Å². The van der Waals surface area contributed by atoms with E-state index in [1.54, 1.807) is 48.5 Å². The first-order chi connectivity index (χ1) is 13.0. The highest BCUT2D eigenvalue weighted by Crippen LogP contribution is 2.16. The fraction of sp³-hybridized carbons (Fsp3) is 0.167. The summed E-state index contributed by atoms with van der Waals surface area (Å²) in [7, 11) is 0. The molecule has 0 atom stereocenters. The van der Waals surface area contributed by atoms with Gasteiger partial charge in [-0.25, -0.2) is 0 Å². The summed E-state index contributed by atoms with van der Waals surface area (Å²) in [5, 5.41) is 14.7. The van der Waals surface area contributed by atoms with Crippen LogP contribution < -0.4 is 15.8 Å². The van der Waals surface area contributed by atoms with E-state index >= 15 is 0 Å². The quantitative estimate of drug-likeness (QED) is 0.652. The molecule has 0 radical (unpaired) electrons. The Morgan fingerprint density at radius 3 is 2.44 bits per heavy atom. The van der Waals surface area contributed by atoms with Crippen LogP contribution in [0.1, 0.15) is 17.3 Å². The Labute approximate surface area is 155 Å². The van der Waals surface area contributed by atoms with E-state index in [4.69, 9.17) is 10.5 Å². The van der Waals surface area contributed by atoms with E-state index in [1.165, 1.54) is 4.80 Å². The van der Waals surface area contributed by atoms with Crippen molar-refractivity contribution in [3.63, 3.8) is 0 Å². The predicted octanol–water partition coefficient (Wildman–Crippen LogP) is 1.48. The summed E-state index contributed by atoms with van der Waals surface area (Å²) < 4.78 is 5.36. The Morgan fingerprint density at radius 1 is 1.11 bits per heavy atom. The molecule has 3 N–H and O–H groups in total. The van der Waals surface area contributed by atoms with Crippen LogP contribution in [-0.2, 0) is 11.3 Å². The first-order valence-corrected chi connectivity index (χ1v) is 8.26. The molecule has 3 aromatic rings. The van der Waals surface area contributed by atoms with Gasteiger partial charge in [0.2, 0.25) is 17.6 Å². The molecule has 1 heterocycles. The number of ether oxygens (including phenoxy) is 1. The number of tetrazole rings is 1. The van der Waals surface area contributed by atoms with Crippen LogP contribution in [0.2, 0.25) is 0 Å². The van der Waals surface area contributed by atoms with E-state index in [1.807, 2.05) is 6.92 Å². The maximum Gasteiger partial charge on any atom is 0.248 e. The highest BCUT2D eigenvalue weighted by Gasteiger charge is 2.10. The first-order valence-electron chi connectivity index (χ1n) is 8.26. The average molecular weight is 366 g/mol. The monoisotopic (exact) mass is 366 g/mol. The van der Waals surface area contributed by atoms with Crippen LogP contribution >= 0.6 is 0 Å². The second-order valence-corrected chi connectivity index (χ2v) is 5.59. The normalized spacial score (nSPS) is 10.4. The summed E-state index contributed by atoms with van der Waals surface area (Å²) in [6.07, 6.45) is 0. The van der Waals surface area contributed by atoms with Gasteiger partial charge in [0.1, 0.15) is 12.3 Å². The predicted molar refractivity (Wildman–Crippen MR) is 98.0 cm³/mol.